The Labute approximate surface area is 129 Å². The molecule has 0 saturated carbocycles. The Morgan fingerprint density at radius 2 is 1.81 bits per heavy atom. The summed E-state index contributed by atoms with van der Waals surface area (Å²) in [6, 6.07) is 5.25. The van der Waals surface area contributed by atoms with Crippen LogP contribution < -0.4 is 5.32 Å². The molecule has 21 heavy (non-hydrogen) atoms. The second-order valence-electron chi connectivity index (χ2n) is 5.87. The standard InChI is InChI=1S/C18H31FN2/c1-7-18(6,21(9-3)10-4)17(20-8-2)16-13-15(19)12-11-14(16)5/h11-13,17,20H,7-10H2,1-6H3. The molecule has 120 valence electrons. The summed E-state index contributed by atoms with van der Waals surface area (Å²) in [5, 5.41) is 3.60. The van der Waals surface area contributed by atoms with Crippen molar-refractivity contribution >= 4 is 0 Å². The van der Waals surface area contributed by atoms with Crippen LogP contribution >= 0.6 is 0 Å². The van der Waals surface area contributed by atoms with Gasteiger partial charge in [0.15, 0.2) is 0 Å². The fourth-order valence-electron chi connectivity index (χ4n) is 3.35. The highest BCUT2D eigenvalue weighted by Gasteiger charge is 2.38. The van der Waals surface area contributed by atoms with E-state index >= 15 is 0 Å². The van der Waals surface area contributed by atoms with Crippen LogP contribution in [0.3, 0.4) is 0 Å². The Kier molecular flexibility index (Phi) is 6.82. The van der Waals surface area contributed by atoms with Crippen molar-refractivity contribution in [2.45, 2.75) is 59.5 Å². The number of hydrogen-bond donors (Lipinski definition) is 1. The van der Waals surface area contributed by atoms with Crippen molar-refractivity contribution in [1.82, 2.24) is 10.2 Å². The van der Waals surface area contributed by atoms with Gasteiger partial charge in [0, 0.05) is 5.54 Å². The molecule has 3 heteroatoms. The zero-order chi connectivity index (χ0) is 16.0. The third-order valence-electron chi connectivity index (χ3n) is 4.78. The van der Waals surface area contributed by atoms with Gasteiger partial charge in [0.25, 0.3) is 0 Å². The topological polar surface area (TPSA) is 15.3 Å². The number of benzene rings is 1. The van der Waals surface area contributed by atoms with E-state index in [1.807, 2.05) is 6.07 Å². The molecule has 0 radical (unpaired) electrons. The van der Waals surface area contributed by atoms with E-state index in [4.69, 9.17) is 0 Å². The molecule has 1 aromatic rings. The maximum absolute atomic E-state index is 13.8. The molecule has 2 atom stereocenters. The lowest BCUT2D eigenvalue weighted by Crippen LogP contribution is -2.54. The molecule has 1 N–H and O–H groups in total. The van der Waals surface area contributed by atoms with Crippen LogP contribution in [-0.2, 0) is 0 Å². The van der Waals surface area contributed by atoms with E-state index in [0.717, 1.165) is 37.2 Å². The van der Waals surface area contributed by atoms with E-state index in [0.29, 0.717) is 0 Å². The molecule has 0 aliphatic rings. The Bertz CT molecular complexity index is 443. The fourth-order valence-corrected chi connectivity index (χ4v) is 3.35. The lowest BCUT2D eigenvalue weighted by Gasteiger charge is -2.46. The minimum absolute atomic E-state index is 0.0297. The predicted octanol–water partition coefficient (Wildman–Crippen LogP) is 4.30. The number of hydrogen-bond acceptors (Lipinski definition) is 2. The van der Waals surface area contributed by atoms with Crippen molar-refractivity contribution in [3.63, 3.8) is 0 Å². The first-order valence-electron chi connectivity index (χ1n) is 8.18. The largest absolute Gasteiger partial charge is 0.309 e. The van der Waals surface area contributed by atoms with Gasteiger partial charge in [-0.3, -0.25) is 4.90 Å². The summed E-state index contributed by atoms with van der Waals surface area (Å²) in [4.78, 5) is 2.48. The molecule has 2 nitrogen and oxygen atoms in total. The first kappa shape index (κ1) is 18.1. The highest BCUT2D eigenvalue weighted by atomic mass is 19.1. The highest BCUT2D eigenvalue weighted by molar-refractivity contribution is 5.32. The molecule has 0 amide bonds. The minimum atomic E-state index is -0.156. The van der Waals surface area contributed by atoms with E-state index in [1.165, 1.54) is 0 Å². The molecular weight excluding hydrogens is 263 g/mol. The second kappa shape index (κ2) is 7.90. The minimum Gasteiger partial charge on any atom is -0.309 e. The van der Waals surface area contributed by atoms with Gasteiger partial charge >= 0.3 is 0 Å². The van der Waals surface area contributed by atoms with Crippen LogP contribution in [0, 0.1) is 12.7 Å². The van der Waals surface area contributed by atoms with Gasteiger partial charge in [-0.05, 0) is 63.2 Å². The maximum Gasteiger partial charge on any atom is 0.123 e. The summed E-state index contributed by atoms with van der Waals surface area (Å²) in [5.41, 5.74) is 2.19. The number of rotatable bonds is 8. The predicted molar refractivity (Wildman–Crippen MR) is 89.2 cm³/mol. The zero-order valence-electron chi connectivity index (χ0n) is 14.5. The van der Waals surface area contributed by atoms with Gasteiger partial charge in [-0.2, -0.15) is 0 Å². The SMILES string of the molecule is CCNC(c1cc(F)ccc1C)C(C)(CC)N(CC)CC. The maximum atomic E-state index is 13.8. The van der Waals surface area contributed by atoms with Crippen molar-refractivity contribution in [3.05, 3.63) is 35.1 Å². The number of nitrogens with zero attached hydrogens (tertiary/aromatic N) is 1. The zero-order valence-corrected chi connectivity index (χ0v) is 14.5. The molecule has 2 unspecified atom stereocenters. The number of likely N-dealkylation sites (N-methyl/N-ethyl adjacent to an activating group) is 2. The highest BCUT2D eigenvalue weighted by Crippen LogP contribution is 2.35. The van der Waals surface area contributed by atoms with Crippen LogP contribution in [0.1, 0.15) is 58.2 Å². The van der Waals surface area contributed by atoms with Crippen LogP contribution in [0.5, 0.6) is 0 Å². The van der Waals surface area contributed by atoms with Crippen LogP contribution in [0.25, 0.3) is 0 Å². The number of halogens is 1. The quantitative estimate of drug-likeness (QED) is 0.769. The summed E-state index contributed by atoms with van der Waals surface area (Å²) in [6.45, 7) is 15.9. The molecule has 0 aromatic heterocycles. The summed E-state index contributed by atoms with van der Waals surface area (Å²) in [6.07, 6.45) is 1.02. The number of nitrogens with one attached hydrogen (secondary N) is 1. The van der Waals surface area contributed by atoms with Gasteiger partial charge in [0.2, 0.25) is 0 Å². The lowest BCUT2D eigenvalue weighted by molar-refractivity contribution is 0.0701. The van der Waals surface area contributed by atoms with Gasteiger partial charge in [-0.25, -0.2) is 4.39 Å². The van der Waals surface area contributed by atoms with Crippen molar-refractivity contribution in [2.24, 2.45) is 0 Å². The molecule has 0 aliphatic carbocycles. The van der Waals surface area contributed by atoms with Gasteiger partial charge in [-0.1, -0.05) is 33.8 Å². The van der Waals surface area contributed by atoms with Crippen molar-refractivity contribution in [1.29, 1.82) is 0 Å². The summed E-state index contributed by atoms with van der Waals surface area (Å²) in [7, 11) is 0. The molecule has 0 aliphatic heterocycles. The van der Waals surface area contributed by atoms with Gasteiger partial charge in [-0.15, -0.1) is 0 Å². The van der Waals surface area contributed by atoms with E-state index in [1.54, 1.807) is 12.1 Å². The second-order valence-corrected chi connectivity index (χ2v) is 5.87. The monoisotopic (exact) mass is 294 g/mol. The molecule has 0 spiro atoms. The van der Waals surface area contributed by atoms with Crippen LogP contribution in [0.2, 0.25) is 0 Å². The molecule has 1 rings (SSSR count). The van der Waals surface area contributed by atoms with Crippen LogP contribution in [0.15, 0.2) is 18.2 Å². The summed E-state index contributed by atoms with van der Waals surface area (Å²) < 4.78 is 13.8. The lowest BCUT2D eigenvalue weighted by atomic mass is 9.81. The summed E-state index contributed by atoms with van der Waals surface area (Å²) in [5.74, 6) is -0.156. The van der Waals surface area contributed by atoms with E-state index in [2.05, 4.69) is 51.8 Å². The van der Waals surface area contributed by atoms with Gasteiger partial charge in [0.1, 0.15) is 5.82 Å². The first-order valence-corrected chi connectivity index (χ1v) is 8.18. The van der Waals surface area contributed by atoms with E-state index in [-0.39, 0.29) is 17.4 Å². The Hall–Kier alpha value is -0.930. The molecule has 0 saturated heterocycles. The molecular formula is C18H31FN2. The average molecular weight is 294 g/mol. The first-order chi connectivity index (χ1) is 9.94. The third-order valence-corrected chi connectivity index (χ3v) is 4.78. The van der Waals surface area contributed by atoms with E-state index in [9.17, 15) is 4.39 Å². The van der Waals surface area contributed by atoms with Crippen LogP contribution in [0.4, 0.5) is 4.39 Å². The molecule has 0 heterocycles. The van der Waals surface area contributed by atoms with Crippen molar-refractivity contribution in [3.8, 4) is 0 Å². The van der Waals surface area contributed by atoms with Gasteiger partial charge < -0.3 is 5.32 Å². The number of aryl methyl sites for hydroxylation is 1. The normalized spacial score (nSPS) is 16.0. The van der Waals surface area contributed by atoms with Gasteiger partial charge in [0.05, 0.1) is 6.04 Å². The Morgan fingerprint density at radius 3 is 2.29 bits per heavy atom. The summed E-state index contributed by atoms with van der Waals surface area (Å²) >= 11 is 0. The van der Waals surface area contributed by atoms with E-state index < -0.39 is 0 Å². The Balaban J connectivity index is 3.34. The average Bonchev–Trinajstić information content (AvgIpc) is 2.48. The molecule has 0 bridgehead atoms. The molecule has 1 aromatic carbocycles. The van der Waals surface area contributed by atoms with Crippen molar-refractivity contribution < 1.29 is 4.39 Å². The van der Waals surface area contributed by atoms with Crippen LogP contribution in [-0.4, -0.2) is 30.1 Å². The fraction of sp³-hybridized carbons (Fsp3) is 0.667. The van der Waals surface area contributed by atoms with Crippen molar-refractivity contribution in [2.75, 3.05) is 19.6 Å². The smallest absolute Gasteiger partial charge is 0.123 e. The molecule has 0 fully saturated rings. The third kappa shape index (κ3) is 3.83. The Morgan fingerprint density at radius 1 is 1.19 bits per heavy atom.